The van der Waals surface area contributed by atoms with E-state index in [1.165, 1.54) is 14.1 Å². The predicted molar refractivity (Wildman–Crippen MR) is 45.3 cm³/mol. The van der Waals surface area contributed by atoms with Crippen LogP contribution < -0.4 is 10.6 Å². The van der Waals surface area contributed by atoms with Gasteiger partial charge in [0.15, 0.2) is 0 Å². The van der Waals surface area contributed by atoms with E-state index >= 15 is 0 Å². The van der Waals surface area contributed by atoms with E-state index in [9.17, 15) is 19.2 Å². The van der Waals surface area contributed by atoms with Crippen LogP contribution in [0.3, 0.4) is 0 Å². The van der Waals surface area contributed by atoms with Crippen LogP contribution in [-0.4, -0.2) is 53.4 Å². The molecule has 8 heteroatoms. The molecule has 8 nitrogen and oxygen atoms in total. The molecule has 0 aromatic rings. The topological polar surface area (TPSA) is 98.8 Å². The Morgan fingerprint density at radius 1 is 1.07 bits per heavy atom. The van der Waals surface area contributed by atoms with Gasteiger partial charge in [0.1, 0.15) is 0 Å². The quantitative estimate of drug-likeness (QED) is 0.360. The molecule has 0 bridgehead atoms. The van der Waals surface area contributed by atoms with Crippen molar-refractivity contribution in [2.24, 2.45) is 0 Å². The summed E-state index contributed by atoms with van der Waals surface area (Å²) < 4.78 is 0. The highest BCUT2D eigenvalue weighted by Crippen LogP contribution is 2.24. The molecule has 0 aromatic heterocycles. The lowest BCUT2D eigenvalue weighted by molar-refractivity contribution is -0.141. The molecule has 2 fully saturated rings. The zero-order valence-corrected chi connectivity index (χ0v) is 8.03. The van der Waals surface area contributed by atoms with E-state index < -0.39 is 29.5 Å². The first-order valence-corrected chi connectivity index (χ1v) is 4.11. The maximum absolute atomic E-state index is 11.7. The molecule has 1 unspecified atom stereocenters. The van der Waals surface area contributed by atoms with E-state index in [2.05, 4.69) is 5.32 Å². The first-order chi connectivity index (χ1) is 6.91. The third-order valence-corrected chi connectivity index (χ3v) is 2.56. The van der Waals surface area contributed by atoms with Gasteiger partial charge in [0.05, 0.1) is 0 Å². The standard InChI is InChI=1S/C7H8N4O4/c1-10-4(13)7(9-6(10)15)3(12)8-5(14)11(7)2/h1-2H3,(H,9,15)(H,8,12,14). The Bertz CT molecular complexity index is 406. The number of rotatable bonds is 0. The third-order valence-electron chi connectivity index (χ3n) is 2.56. The van der Waals surface area contributed by atoms with E-state index in [1.54, 1.807) is 0 Å². The fourth-order valence-corrected chi connectivity index (χ4v) is 1.58. The summed E-state index contributed by atoms with van der Waals surface area (Å²) >= 11 is 0. The minimum Gasteiger partial charge on any atom is -0.298 e. The van der Waals surface area contributed by atoms with Crippen LogP contribution in [-0.2, 0) is 9.59 Å². The predicted octanol–water partition coefficient (Wildman–Crippen LogP) is -1.95. The summed E-state index contributed by atoms with van der Waals surface area (Å²) in [6.45, 7) is 0. The van der Waals surface area contributed by atoms with Crippen LogP contribution in [0.5, 0.6) is 0 Å². The number of imide groups is 2. The van der Waals surface area contributed by atoms with Gasteiger partial charge < -0.3 is 0 Å². The van der Waals surface area contributed by atoms with Crippen molar-refractivity contribution in [3.8, 4) is 0 Å². The molecule has 1 spiro atoms. The maximum Gasteiger partial charge on any atom is 0.326 e. The minimum absolute atomic E-state index is 0.711. The average molecular weight is 212 g/mol. The van der Waals surface area contributed by atoms with Crippen LogP contribution in [0.15, 0.2) is 0 Å². The van der Waals surface area contributed by atoms with Crippen LogP contribution in [0.1, 0.15) is 0 Å². The van der Waals surface area contributed by atoms with Crippen molar-refractivity contribution in [2.45, 2.75) is 5.66 Å². The number of carbonyl (C=O) groups excluding carboxylic acids is 4. The molecule has 2 aliphatic rings. The Balaban J connectivity index is 2.52. The van der Waals surface area contributed by atoms with E-state index in [0.717, 1.165) is 9.80 Å². The Kier molecular flexibility index (Phi) is 1.55. The number of hydrogen-bond acceptors (Lipinski definition) is 4. The van der Waals surface area contributed by atoms with Crippen molar-refractivity contribution >= 4 is 23.9 Å². The van der Waals surface area contributed by atoms with Crippen LogP contribution >= 0.6 is 0 Å². The number of urea groups is 2. The molecule has 2 heterocycles. The molecule has 2 saturated heterocycles. The number of carbonyl (C=O) groups is 4. The lowest BCUT2D eigenvalue weighted by atomic mass is 10.1. The molecule has 1 atom stereocenters. The number of nitrogens with zero attached hydrogens (tertiary/aromatic N) is 2. The maximum atomic E-state index is 11.7. The van der Waals surface area contributed by atoms with Crippen molar-refractivity contribution in [3.63, 3.8) is 0 Å². The average Bonchev–Trinajstić information content (AvgIpc) is 2.53. The molecule has 80 valence electrons. The lowest BCUT2D eigenvalue weighted by Crippen LogP contribution is -2.60. The van der Waals surface area contributed by atoms with Gasteiger partial charge in [-0.25, -0.2) is 9.59 Å². The monoisotopic (exact) mass is 212 g/mol. The van der Waals surface area contributed by atoms with Gasteiger partial charge in [-0.15, -0.1) is 0 Å². The molecule has 0 aromatic carbocycles. The van der Waals surface area contributed by atoms with E-state index in [-0.39, 0.29) is 0 Å². The lowest BCUT2D eigenvalue weighted by Gasteiger charge is -2.24. The van der Waals surface area contributed by atoms with Crippen LogP contribution in [0, 0.1) is 0 Å². The molecule has 2 N–H and O–H groups in total. The molecule has 0 saturated carbocycles. The number of amides is 6. The minimum atomic E-state index is -1.90. The van der Waals surface area contributed by atoms with Crippen LogP contribution in [0.4, 0.5) is 9.59 Å². The van der Waals surface area contributed by atoms with Crippen molar-refractivity contribution in [1.29, 1.82) is 0 Å². The van der Waals surface area contributed by atoms with E-state index in [1.807, 2.05) is 5.32 Å². The third kappa shape index (κ3) is 0.853. The molecular weight excluding hydrogens is 204 g/mol. The van der Waals surface area contributed by atoms with Gasteiger partial charge in [-0.1, -0.05) is 0 Å². The Morgan fingerprint density at radius 2 is 1.67 bits per heavy atom. The van der Waals surface area contributed by atoms with E-state index in [0.29, 0.717) is 0 Å². The van der Waals surface area contributed by atoms with Gasteiger partial charge in [0, 0.05) is 14.1 Å². The second-order valence-electron chi connectivity index (χ2n) is 3.32. The van der Waals surface area contributed by atoms with Crippen LogP contribution in [0.2, 0.25) is 0 Å². The summed E-state index contributed by atoms with van der Waals surface area (Å²) in [6.07, 6.45) is 0. The molecule has 2 aliphatic heterocycles. The van der Waals surface area contributed by atoms with Crippen molar-refractivity contribution in [2.75, 3.05) is 14.1 Å². The highest BCUT2D eigenvalue weighted by molar-refractivity contribution is 6.26. The summed E-state index contributed by atoms with van der Waals surface area (Å²) in [7, 11) is 2.49. The van der Waals surface area contributed by atoms with Gasteiger partial charge in [-0.05, 0) is 0 Å². The van der Waals surface area contributed by atoms with Gasteiger partial charge in [-0.3, -0.25) is 30.0 Å². The highest BCUT2D eigenvalue weighted by Gasteiger charge is 2.64. The Labute approximate surface area is 84.2 Å². The van der Waals surface area contributed by atoms with Gasteiger partial charge in [-0.2, -0.15) is 0 Å². The van der Waals surface area contributed by atoms with Crippen molar-refractivity contribution in [3.05, 3.63) is 0 Å². The second-order valence-corrected chi connectivity index (χ2v) is 3.32. The van der Waals surface area contributed by atoms with Crippen molar-refractivity contribution < 1.29 is 19.2 Å². The zero-order valence-electron chi connectivity index (χ0n) is 8.03. The highest BCUT2D eigenvalue weighted by atomic mass is 16.2. The molecule has 6 amide bonds. The Hall–Kier alpha value is -2.12. The molecule has 15 heavy (non-hydrogen) atoms. The number of likely N-dealkylation sites (N-methyl/N-ethyl adjacent to an activating group) is 2. The summed E-state index contributed by atoms with van der Waals surface area (Å²) in [4.78, 5) is 47.2. The summed E-state index contributed by atoms with van der Waals surface area (Å²) in [5.74, 6) is -1.60. The molecular formula is C7H8N4O4. The van der Waals surface area contributed by atoms with E-state index in [4.69, 9.17) is 0 Å². The fraction of sp³-hybridized carbons (Fsp3) is 0.429. The SMILES string of the molecule is CN1C(=O)NC2(C(=O)NC(=O)N2C)C1=O. The fourth-order valence-electron chi connectivity index (χ4n) is 1.58. The molecule has 0 radical (unpaired) electrons. The largest absolute Gasteiger partial charge is 0.326 e. The molecule has 2 rings (SSSR count). The normalized spacial score (nSPS) is 30.3. The number of hydrogen-bond donors (Lipinski definition) is 2. The smallest absolute Gasteiger partial charge is 0.298 e. The second kappa shape index (κ2) is 2.47. The van der Waals surface area contributed by atoms with Gasteiger partial charge in [0.25, 0.3) is 17.5 Å². The molecule has 0 aliphatic carbocycles. The van der Waals surface area contributed by atoms with Crippen LogP contribution in [0.25, 0.3) is 0 Å². The summed E-state index contributed by atoms with van der Waals surface area (Å²) in [5, 5.41) is 4.15. The van der Waals surface area contributed by atoms with Crippen molar-refractivity contribution in [1.82, 2.24) is 20.4 Å². The first-order valence-electron chi connectivity index (χ1n) is 4.11. The Morgan fingerprint density at radius 3 is 2.00 bits per heavy atom. The number of nitrogens with one attached hydrogen (secondary N) is 2. The van der Waals surface area contributed by atoms with Gasteiger partial charge >= 0.3 is 12.1 Å². The van der Waals surface area contributed by atoms with Gasteiger partial charge in [0.2, 0.25) is 0 Å². The summed E-state index contributed by atoms with van der Waals surface area (Å²) in [6, 6.07) is -1.43. The zero-order chi connectivity index (χ0) is 11.4. The first kappa shape index (κ1) is 9.44. The summed E-state index contributed by atoms with van der Waals surface area (Å²) in [5.41, 5.74) is -1.90.